The third kappa shape index (κ3) is 4.49. The predicted molar refractivity (Wildman–Crippen MR) is 108 cm³/mol. The number of nitrogens with one attached hydrogen (secondary N) is 1. The van der Waals surface area contributed by atoms with Crippen LogP contribution in [0.3, 0.4) is 0 Å². The molecule has 3 aromatic rings. The summed E-state index contributed by atoms with van der Waals surface area (Å²) in [5.41, 5.74) is 3.36. The molecule has 0 atom stereocenters. The van der Waals surface area contributed by atoms with Crippen molar-refractivity contribution in [1.29, 1.82) is 0 Å². The summed E-state index contributed by atoms with van der Waals surface area (Å²) in [4.78, 5) is 20.7. The van der Waals surface area contributed by atoms with Crippen molar-refractivity contribution in [3.63, 3.8) is 0 Å². The van der Waals surface area contributed by atoms with Crippen molar-refractivity contribution in [2.24, 2.45) is 0 Å². The first-order valence-electron chi connectivity index (χ1n) is 9.51. The highest BCUT2D eigenvalue weighted by Crippen LogP contribution is 2.14. The van der Waals surface area contributed by atoms with Gasteiger partial charge in [-0.2, -0.15) is 5.10 Å². The van der Waals surface area contributed by atoms with E-state index in [0.29, 0.717) is 19.6 Å². The van der Waals surface area contributed by atoms with Crippen LogP contribution < -0.4 is 10.2 Å². The average Bonchev–Trinajstić information content (AvgIpc) is 3.21. The topological polar surface area (TPSA) is 66.3 Å². The van der Waals surface area contributed by atoms with Gasteiger partial charge in [0, 0.05) is 62.6 Å². The Bertz CT molecular complexity index is 888. The Morgan fingerprint density at radius 3 is 2.46 bits per heavy atom. The summed E-state index contributed by atoms with van der Waals surface area (Å²) in [7, 11) is 0. The van der Waals surface area contributed by atoms with Crippen LogP contribution in [0.15, 0.2) is 67.3 Å². The van der Waals surface area contributed by atoms with E-state index in [1.54, 1.807) is 12.4 Å². The third-order valence-corrected chi connectivity index (χ3v) is 4.91. The Kier molecular flexibility index (Phi) is 5.51. The molecule has 1 fully saturated rings. The van der Waals surface area contributed by atoms with Gasteiger partial charge in [-0.05, 0) is 17.7 Å². The van der Waals surface area contributed by atoms with E-state index in [-0.39, 0.29) is 6.03 Å². The number of carbonyl (C=O) groups excluding carboxylic acids is 1. The number of aromatic nitrogens is 3. The molecule has 28 heavy (non-hydrogen) atoms. The van der Waals surface area contributed by atoms with E-state index < -0.39 is 0 Å². The maximum absolute atomic E-state index is 12.5. The molecule has 1 aromatic carbocycles. The van der Waals surface area contributed by atoms with Gasteiger partial charge in [0.25, 0.3) is 0 Å². The Morgan fingerprint density at radius 1 is 0.964 bits per heavy atom. The van der Waals surface area contributed by atoms with Crippen LogP contribution >= 0.6 is 0 Å². The van der Waals surface area contributed by atoms with E-state index in [2.05, 4.69) is 32.4 Å². The molecule has 0 spiro atoms. The molecule has 7 heteroatoms. The van der Waals surface area contributed by atoms with Crippen molar-refractivity contribution in [1.82, 2.24) is 25.0 Å². The average molecular weight is 376 g/mol. The molecule has 0 saturated carbocycles. The summed E-state index contributed by atoms with van der Waals surface area (Å²) in [5, 5.41) is 7.39. The number of pyridine rings is 1. The Labute approximate surface area is 164 Å². The highest BCUT2D eigenvalue weighted by atomic mass is 16.2. The highest BCUT2D eigenvalue weighted by molar-refractivity contribution is 5.74. The van der Waals surface area contributed by atoms with Crippen LogP contribution in [0, 0.1) is 0 Å². The van der Waals surface area contributed by atoms with Gasteiger partial charge >= 0.3 is 6.03 Å². The van der Waals surface area contributed by atoms with Gasteiger partial charge in [-0.25, -0.2) is 4.79 Å². The molecule has 2 aromatic heterocycles. The quantitative estimate of drug-likeness (QED) is 0.742. The van der Waals surface area contributed by atoms with Crippen LogP contribution in [0.1, 0.15) is 11.1 Å². The first-order chi connectivity index (χ1) is 13.8. The number of rotatable bonds is 5. The largest absolute Gasteiger partial charge is 0.368 e. The number of amides is 2. The maximum atomic E-state index is 12.5. The van der Waals surface area contributed by atoms with E-state index in [0.717, 1.165) is 30.9 Å². The SMILES string of the molecule is O=C(NCc1cnn(Cc2ccccc2)c1)N1CCN(c2ccncc2)CC1. The van der Waals surface area contributed by atoms with E-state index >= 15 is 0 Å². The summed E-state index contributed by atoms with van der Waals surface area (Å²) in [6.45, 7) is 4.28. The lowest BCUT2D eigenvalue weighted by atomic mass is 10.2. The molecule has 2 amide bonds. The molecule has 0 bridgehead atoms. The van der Waals surface area contributed by atoms with Gasteiger partial charge in [0.2, 0.25) is 0 Å². The fourth-order valence-electron chi connectivity index (χ4n) is 3.37. The van der Waals surface area contributed by atoms with Gasteiger partial charge in [0.05, 0.1) is 12.7 Å². The Morgan fingerprint density at radius 2 is 1.71 bits per heavy atom. The first kappa shape index (κ1) is 18.0. The standard InChI is InChI=1S/C21H24N6O/c28-21(26-12-10-25(11-13-26)20-6-8-22-9-7-20)23-14-19-15-24-27(17-19)16-18-4-2-1-3-5-18/h1-9,15,17H,10-14,16H2,(H,23,28). The molecule has 1 aliphatic heterocycles. The second-order valence-electron chi connectivity index (χ2n) is 6.87. The van der Waals surface area contributed by atoms with E-state index in [1.165, 1.54) is 5.56 Å². The number of piperazine rings is 1. The van der Waals surface area contributed by atoms with Crippen LogP contribution in [0.4, 0.5) is 10.5 Å². The van der Waals surface area contributed by atoms with Crippen LogP contribution in [-0.2, 0) is 13.1 Å². The summed E-state index contributed by atoms with van der Waals surface area (Å²) in [6.07, 6.45) is 7.39. The van der Waals surface area contributed by atoms with Crippen molar-refractivity contribution in [3.05, 3.63) is 78.4 Å². The summed E-state index contributed by atoms with van der Waals surface area (Å²) in [5.74, 6) is 0. The van der Waals surface area contributed by atoms with Crippen molar-refractivity contribution in [2.45, 2.75) is 13.1 Å². The smallest absolute Gasteiger partial charge is 0.317 e. The highest BCUT2D eigenvalue weighted by Gasteiger charge is 2.21. The minimum atomic E-state index is -0.0230. The normalized spacial score (nSPS) is 14.1. The fourth-order valence-corrected chi connectivity index (χ4v) is 3.37. The molecule has 1 N–H and O–H groups in total. The summed E-state index contributed by atoms with van der Waals surface area (Å²) in [6, 6.07) is 14.2. The number of urea groups is 1. The zero-order chi connectivity index (χ0) is 19.2. The lowest BCUT2D eigenvalue weighted by molar-refractivity contribution is 0.194. The fraction of sp³-hybridized carbons (Fsp3) is 0.286. The third-order valence-electron chi connectivity index (χ3n) is 4.91. The van der Waals surface area contributed by atoms with Crippen molar-refractivity contribution in [3.8, 4) is 0 Å². The number of hydrogen-bond acceptors (Lipinski definition) is 4. The summed E-state index contributed by atoms with van der Waals surface area (Å²) < 4.78 is 1.89. The molecule has 1 aliphatic rings. The van der Waals surface area contributed by atoms with Crippen LogP contribution in [-0.4, -0.2) is 51.9 Å². The second kappa shape index (κ2) is 8.56. The number of hydrogen-bond donors (Lipinski definition) is 1. The molecule has 3 heterocycles. The van der Waals surface area contributed by atoms with E-state index in [1.807, 2.05) is 52.3 Å². The molecule has 0 radical (unpaired) electrons. The zero-order valence-corrected chi connectivity index (χ0v) is 15.7. The molecule has 144 valence electrons. The molecular weight excluding hydrogens is 352 g/mol. The minimum absolute atomic E-state index is 0.0230. The lowest BCUT2D eigenvalue weighted by Gasteiger charge is -2.36. The number of nitrogens with zero attached hydrogens (tertiary/aromatic N) is 5. The van der Waals surface area contributed by atoms with Gasteiger partial charge < -0.3 is 15.1 Å². The summed E-state index contributed by atoms with van der Waals surface area (Å²) >= 11 is 0. The van der Waals surface area contributed by atoms with E-state index in [9.17, 15) is 4.79 Å². The van der Waals surface area contributed by atoms with Gasteiger partial charge in [0.15, 0.2) is 0 Å². The first-order valence-corrected chi connectivity index (χ1v) is 9.51. The van der Waals surface area contributed by atoms with Gasteiger partial charge in [-0.15, -0.1) is 0 Å². The zero-order valence-electron chi connectivity index (χ0n) is 15.7. The van der Waals surface area contributed by atoms with Crippen molar-refractivity contribution < 1.29 is 4.79 Å². The lowest BCUT2D eigenvalue weighted by Crippen LogP contribution is -2.51. The van der Waals surface area contributed by atoms with Gasteiger partial charge in [-0.3, -0.25) is 9.67 Å². The maximum Gasteiger partial charge on any atom is 0.317 e. The van der Waals surface area contributed by atoms with Crippen molar-refractivity contribution >= 4 is 11.7 Å². The number of anilines is 1. The van der Waals surface area contributed by atoms with Gasteiger partial charge in [0.1, 0.15) is 0 Å². The molecular formula is C21H24N6O. The number of benzene rings is 1. The van der Waals surface area contributed by atoms with Crippen LogP contribution in [0.2, 0.25) is 0 Å². The number of carbonyl (C=O) groups is 1. The van der Waals surface area contributed by atoms with E-state index in [4.69, 9.17) is 0 Å². The molecule has 0 aliphatic carbocycles. The second-order valence-corrected chi connectivity index (χ2v) is 6.87. The molecule has 1 saturated heterocycles. The Hall–Kier alpha value is -3.35. The van der Waals surface area contributed by atoms with Crippen LogP contribution in [0.5, 0.6) is 0 Å². The predicted octanol–water partition coefficient (Wildman–Crippen LogP) is 2.36. The Balaban J connectivity index is 1.24. The minimum Gasteiger partial charge on any atom is -0.368 e. The molecule has 0 unspecified atom stereocenters. The van der Waals surface area contributed by atoms with Crippen molar-refractivity contribution in [2.75, 3.05) is 31.1 Å². The molecule has 7 nitrogen and oxygen atoms in total. The van der Waals surface area contributed by atoms with Crippen LogP contribution in [0.25, 0.3) is 0 Å². The van der Waals surface area contributed by atoms with Gasteiger partial charge in [-0.1, -0.05) is 30.3 Å². The monoisotopic (exact) mass is 376 g/mol. The molecule has 4 rings (SSSR count).